The van der Waals surface area contributed by atoms with Gasteiger partial charge in [0.05, 0.1) is 23.6 Å². The van der Waals surface area contributed by atoms with E-state index in [-0.39, 0.29) is 18.2 Å². The molecule has 1 aromatic rings. The third kappa shape index (κ3) is 4.18. The molecule has 0 bridgehead atoms. The molecule has 0 aliphatic heterocycles. The fraction of sp³-hybridized carbons (Fsp3) is 0.385. The van der Waals surface area contributed by atoms with Crippen LogP contribution in [0.3, 0.4) is 0 Å². The number of hydrogen-bond acceptors (Lipinski definition) is 3. The van der Waals surface area contributed by atoms with Gasteiger partial charge >= 0.3 is 0 Å². The first-order valence-electron chi connectivity index (χ1n) is 5.40. The molecule has 0 radical (unpaired) electrons. The number of rotatable bonds is 5. The van der Waals surface area contributed by atoms with Gasteiger partial charge < -0.3 is 0 Å². The van der Waals surface area contributed by atoms with Gasteiger partial charge in [0.1, 0.15) is 0 Å². The topological polar surface area (TPSA) is 44.1 Å². The van der Waals surface area contributed by atoms with Crippen molar-refractivity contribution in [3.8, 4) is 6.07 Å². The number of carbonyl (C=O) groups is 1. The number of halogens is 1. The molecule has 0 saturated heterocycles. The molecule has 1 unspecified atom stereocenters. The summed E-state index contributed by atoms with van der Waals surface area (Å²) in [5.41, 5.74) is 0.533. The molecule has 0 heterocycles. The van der Waals surface area contributed by atoms with Gasteiger partial charge in [-0.25, -0.2) is 0 Å². The standard InChI is InChI=1S/C13H15ClN2O/c1-10(7-15)8-16(2)9-13(17)11-5-3-4-6-12(11)14/h3-6,10H,8-9H2,1-2H3. The van der Waals surface area contributed by atoms with Gasteiger partial charge in [-0.05, 0) is 26.1 Å². The number of benzene rings is 1. The minimum atomic E-state index is -0.0842. The lowest BCUT2D eigenvalue weighted by Crippen LogP contribution is -2.29. The minimum Gasteiger partial charge on any atom is -0.298 e. The molecule has 90 valence electrons. The maximum atomic E-state index is 11.9. The summed E-state index contributed by atoms with van der Waals surface area (Å²) in [5.74, 6) is -0.109. The Hall–Kier alpha value is -1.37. The zero-order valence-electron chi connectivity index (χ0n) is 9.98. The van der Waals surface area contributed by atoms with Gasteiger partial charge in [0, 0.05) is 12.1 Å². The van der Waals surface area contributed by atoms with E-state index >= 15 is 0 Å². The summed E-state index contributed by atoms with van der Waals surface area (Å²) in [6.07, 6.45) is 0. The lowest BCUT2D eigenvalue weighted by molar-refractivity contribution is 0.0943. The third-order valence-electron chi connectivity index (χ3n) is 2.39. The Balaban J connectivity index is 2.62. The van der Waals surface area contributed by atoms with Crippen molar-refractivity contribution >= 4 is 17.4 Å². The van der Waals surface area contributed by atoms with Gasteiger partial charge in [-0.3, -0.25) is 9.69 Å². The molecule has 0 spiro atoms. The Labute approximate surface area is 107 Å². The van der Waals surface area contributed by atoms with E-state index < -0.39 is 0 Å². The lowest BCUT2D eigenvalue weighted by Gasteiger charge is -2.17. The van der Waals surface area contributed by atoms with Crippen molar-refractivity contribution in [2.24, 2.45) is 5.92 Å². The van der Waals surface area contributed by atoms with E-state index in [1.54, 1.807) is 24.3 Å². The van der Waals surface area contributed by atoms with Gasteiger partial charge in [0.15, 0.2) is 5.78 Å². The van der Waals surface area contributed by atoms with Crippen molar-refractivity contribution in [3.05, 3.63) is 34.9 Å². The summed E-state index contributed by atoms with van der Waals surface area (Å²) in [7, 11) is 1.82. The number of carbonyl (C=O) groups excluding carboxylic acids is 1. The van der Waals surface area contributed by atoms with Gasteiger partial charge in [0.25, 0.3) is 0 Å². The van der Waals surface area contributed by atoms with Crippen molar-refractivity contribution < 1.29 is 4.79 Å². The molecular formula is C13H15ClN2O. The van der Waals surface area contributed by atoms with Crippen LogP contribution in [0.15, 0.2) is 24.3 Å². The van der Waals surface area contributed by atoms with Crippen molar-refractivity contribution in [1.29, 1.82) is 5.26 Å². The van der Waals surface area contributed by atoms with Crippen LogP contribution in [0.1, 0.15) is 17.3 Å². The van der Waals surface area contributed by atoms with Crippen LogP contribution < -0.4 is 0 Å². The molecule has 1 rings (SSSR count). The normalized spacial score (nSPS) is 12.2. The molecular weight excluding hydrogens is 236 g/mol. The molecule has 0 aliphatic rings. The van der Waals surface area contributed by atoms with Gasteiger partial charge in [0.2, 0.25) is 0 Å². The Kier molecular flexibility index (Phi) is 5.14. The zero-order chi connectivity index (χ0) is 12.8. The van der Waals surface area contributed by atoms with E-state index in [0.717, 1.165) is 0 Å². The number of hydrogen-bond donors (Lipinski definition) is 0. The molecule has 0 aromatic heterocycles. The number of nitrogens with zero attached hydrogens (tertiary/aromatic N) is 2. The van der Waals surface area contributed by atoms with Crippen molar-refractivity contribution in [2.75, 3.05) is 20.1 Å². The van der Waals surface area contributed by atoms with Crippen molar-refractivity contribution in [1.82, 2.24) is 4.90 Å². The first-order chi connectivity index (χ1) is 8.04. The Morgan fingerprint density at radius 1 is 1.53 bits per heavy atom. The fourth-order valence-corrected chi connectivity index (χ4v) is 1.83. The largest absolute Gasteiger partial charge is 0.298 e. The highest BCUT2D eigenvalue weighted by Gasteiger charge is 2.13. The summed E-state index contributed by atoms with van der Waals surface area (Å²) in [6.45, 7) is 2.68. The van der Waals surface area contributed by atoms with Crippen molar-refractivity contribution in [2.45, 2.75) is 6.92 Å². The maximum absolute atomic E-state index is 11.9. The number of Topliss-reactive ketones (excluding diaryl/α,β-unsaturated/α-hetero) is 1. The number of likely N-dealkylation sites (N-methyl/N-ethyl adjacent to an activating group) is 1. The van der Waals surface area contributed by atoms with Gasteiger partial charge in [-0.15, -0.1) is 0 Å². The van der Waals surface area contributed by atoms with Crippen molar-refractivity contribution in [3.63, 3.8) is 0 Å². The second kappa shape index (κ2) is 6.39. The van der Waals surface area contributed by atoms with E-state index in [2.05, 4.69) is 6.07 Å². The second-order valence-electron chi connectivity index (χ2n) is 4.13. The highest BCUT2D eigenvalue weighted by molar-refractivity contribution is 6.34. The smallest absolute Gasteiger partial charge is 0.178 e. The average Bonchev–Trinajstić information content (AvgIpc) is 2.29. The second-order valence-corrected chi connectivity index (χ2v) is 4.54. The quantitative estimate of drug-likeness (QED) is 0.755. The lowest BCUT2D eigenvalue weighted by atomic mass is 10.1. The van der Waals surface area contributed by atoms with Crippen LogP contribution in [0.2, 0.25) is 5.02 Å². The van der Waals surface area contributed by atoms with Gasteiger partial charge in [-0.1, -0.05) is 23.7 Å². The van der Waals surface area contributed by atoms with Crippen LogP contribution in [-0.4, -0.2) is 30.8 Å². The minimum absolute atomic E-state index is 0.0248. The van der Waals surface area contributed by atoms with Crippen LogP contribution in [0.5, 0.6) is 0 Å². The highest BCUT2D eigenvalue weighted by Crippen LogP contribution is 2.15. The molecule has 1 atom stereocenters. The number of nitriles is 1. The van der Waals surface area contributed by atoms with E-state index in [0.29, 0.717) is 17.1 Å². The molecule has 0 fully saturated rings. The van der Waals surface area contributed by atoms with Crippen LogP contribution >= 0.6 is 11.6 Å². The molecule has 4 heteroatoms. The fourth-order valence-electron chi connectivity index (χ4n) is 1.59. The summed E-state index contributed by atoms with van der Waals surface area (Å²) < 4.78 is 0. The predicted octanol–water partition coefficient (Wildman–Crippen LogP) is 2.61. The molecule has 0 amide bonds. The first kappa shape index (κ1) is 13.7. The highest BCUT2D eigenvalue weighted by atomic mass is 35.5. The summed E-state index contributed by atoms with van der Waals surface area (Å²) in [5, 5.41) is 9.17. The van der Waals surface area contributed by atoms with Crippen LogP contribution in [0, 0.1) is 17.2 Å². The van der Waals surface area contributed by atoms with E-state index in [9.17, 15) is 4.79 Å². The SMILES string of the molecule is CC(C#N)CN(C)CC(=O)c1ccccc1Cl. The van der Waals surface area contributed by atoms with Crippen LogP contribution in [-0.2, 0) is 0 Å². The summed E-state index contributed by atoms with van der Waals surface area (Å²) in [6, 6.07) is 9.14. The zero-order valence-corrected chi connectivity index (χ0v) is 10.7. The Morgan fingerprint density at radius 2 is 2.18 bits per heavy atom. The molecule has 1 aromatic carbocycles. The Bertz CT molecular complexity index is 439. The molecule has 0 aliphatic carbocycles. The van der Waals surface area contributed by atoms with E-state index in [4.69, 9.17) is 16.9 Å². The van der Waals surface area contributed by atoms with E-state index in [1.807, 2.05) is 18.9 Å². The average molecular weight is 251 g/mol. The van der Waals surface area contributed by atoms with Crippen LogP contribution in [0.4, 0.5) is 0 Å². The summed E-state index contributed by atoms with van der Waals surface area (Å²) in [4.78, 5) is 13.8. The number of ketones is 1. The molecule has 3 nitrogen and oxygen atoms in total. The molecule has 17 heavy (non-hydrogen) atoms. The van der Waals surface area contributed by atoms with Gasteiger partial charge in [-0.2, -0.15) is 5.26 Å². The third-order valence-corrected chi connectivity index (χ3v) is 2.72. The Morgan fingerprint density at radius 3 is 2.76 bits per heavy atom. The monoisotopic (exact) mass is 250 g/mol. The molecule has 0 N–H and O–H groups in total. The molecule has 0 saturated carbocycles. The van der Waals surface area contributed by atoms with E-state index in [1.165, 1.54) is 0 Å². The van der Waals surface area contributed by atoms with Crippen LogP contribution in [0.25, 0.3) is 0 Å². The maximum Gasteiger partial charge on any atom is 0.178 e. The first-order valence-corrected chi connectivity index (χ1v) is 5.78. The summed E-state index contributed by atoms with van der Waals surface area (Å²) >= 11 is 5.94. The predicted molar refractivity (Wildman–Crippen MR) is 68.1 cm³/mol.